The maximum atomic E-state index is 3.64. The van der Waals surface area contributed by atoms with Crippen molar-refractivity contribution in [3.63, 3.8) is 0 Å². The van der Waals surface area contributed by atoms with Gasteiger partial charge in [0.2, 0.25) is 0 Å². The van der Waals surface area contributed by atoms with Gasteiger partial charge in [-0.15, -0.1) is 11.8 Å². The van der Waals surface area contributed by atoms with Crippen molar-refractivity contribution in [3.05, 3.63) is 78.4 Å². The van der Waals surface area contributed by atoms with E-state index in [1.54, 1.807) is 0 Å². The number of thioether (sulfide) groups is 1. The zero-order valence-corrected chi connectivity index (χ0v) is 14.8. The Morgan fingerprint density at radius 2 is 1.68 bits per heavy atom. The second-order valence-corrected chi connectivity index (χ2v) is 7.95. The van der Waals surface area contributed by atoms with E-state index in [0.717, 1.165) is 18.8 Å². The maximum Gasteiger partial charge on any atom is 0.0643 e. The van der Waals surface area contributed by atoms with Gasteiger partial charge in [-0.1, -0.05) is 54.6 Å². The summed E-state index contributed by atoms with van der Waals surface area (Å²) in [5, 5.41) is 3.30. The summed E-state index contributed by atoms with van der Waals surface area (Å²) in [7, 11) is 0. The molecule has 0 aliphatic carbocycles. The van der Waals surface area contributed by atoms with Crippen molar-refractivity contribution < 1.29 is 0 Å². The van der Waals surface area contributed by atoms with E-state index >= 15 is 0 Å². The fraction of sp³-hybridized carbons (Fsp3) is 0.182. The van der Waals surface area contributed by atoms with Crippen molar-refractivity contribution in [1.29, 1.82) is 0 Å². The van der Waals surface area contributed by atoms with Crippen LogP contribution >= 0.6 is 11.8 Å². The van der Waals surface area contributed by atoms with Crippen LogP contribution in [-0.4, -0.2) is 22.7 Å². The predicted molar refractivity (Wildman–Crippen MR) is 110 cm³/mol. The molecule has 2 heterocycles. The fourth-order valence-electron chi connectivity index (χ4n) is 3.84. The molecule has 3 aromatic carbocycles. The second kappa shape index (κ2) is 6.16. The monoisotopic (exact) mass is 344 g/mol. The topological polar surface area (TPSA) is 19.0 Å². The standard InChI is InChI=1S/C22H20N2S/c1-2-8-17(9-3-1)24-14-18(25-15-24)13-16-7-6-11-20-19-10-4-5-12-21(19)23-22(16)20/h1-12,18,23H,13-15H2. The molecule has 1 aliphatic heterocycles. The third-order valence-electron chi connectivity index (χ3n) is 5.09. The molecule has 0 saturated carbocycles. The first-order valence-corrected chi connectivity index (χ1v) is 9.83. The van der Waals surface area contributed by atoms with Crippen molar-refractivity contribution in [2.24, 2.45) is 0 Å². The maximum absolute atomic E-state index is 3.64. The number of benzene rings is 3. The molecule has 25 heavy (non-hydrogen) atoms. The van der Waals surface area contributed by atoms with Gasteiger partial charge in [-0.05, 0) is 30.2 Å². The Labute approximate surface area is 151 Å². The van der Waals surface area contributed by atoms with E-state index in [2.05, 4.69) is 94.4 Å². The van der Waals surface area contributed by atoms with Crippen LogP contribution in [0.5, 0.6) is 0 Å². The highest BCUT2D eigenvalue weighted by Crippen LogP contribution is 2.33. The third kappa shape index (κ3) is 2.69. The molecule has 124 valence electrons. The number of rotatable bonds is 3. The molecule has 0 amide bonds. The SMILES string of the molecule is c1ccc(N2CSC(Cc3cccc4c3[nH]c3ccccc34)C2)cc1. The van der Waals surface area contributed by atoms with Gasteiger partial charge in [0, 0.05) is 39.3 Å². The van der Waals surface area contributed by atoms with E-state index in [0.29, 0.717) is 5.25 Å². The highest BCUT2D eigenvalue weighted by atomic mass is 32.2. The van der Waals surface area contributed by atoms with E-state index < -0.39 is 0 Å². The number of nitrogens with one attached hydrogen (secondary N) is 1. The number of hydrogen-bond acceptors (Lipinski definition) is 2. The fourth-order valence-corrected chi connectivity index (χ4v) is 5.07. The Morgan fingerprint density at radius 1 is 0.880 bits per heavy atom. The Kier molecular flexibility index (Phi) is 3.67. The van der Waals surface area contributed by atoms with Crippen LogP contribution in [0.2, 0.25) is 0 Å². The summed E-state index contributed by atoms with van der Waals surface area (Å²) in [6.45, 7) is 1.12. The molecule has 1 saturated heterocycles. The normalized spacial score (nSPS) is 17.6. The minimum Gasteiger partial charge on any atom is -0.361 e. The van der Waals surface area contributed by atoms with Gasteiger partial charge in [0.05, 0.1) is 5.88 Å². The number of aromatic amines is 1. The van der Waals surface area contributed by atoms with Crippen molar-refractivity contribution in [1.82, 2.24) is 4.98 Å². The summed E-state index contributed by atoms with van der Waals surface area (Å²) in [6, 6.07) is 26.1. The molecule has 5 rings (SSSR count). The number of fused-ring (bicyclic) bond motifs is 3. The summed E-state index contributed by atoms with van der Waals surface area (Å²) in [5.74, 6) is 1.08. The predicted octanol–water partition coefficient (Wildman–Crippen LogP) is 5.44. The van der Waals surface area contributed by atoms with Crippen molar-refractivity contribution in [2.45, 2.75) is 11.7 Å². The van der Waals surface area contributed by atoms with Gasteiger partial charge < -0.3 is 9.88 Å². The highest BCUT2D eigenvalue weighted by Gasteiger charge is 2.24. The van der Waals surface area contributed by atoms with Gasteiger partial charge in [0.1, 0.15) is 0 Å². The third-order valence-corrected chi connectivity index (χ3v) is 6.33. The van der Waals surface area contributed by atoms with E-state index in [4.69, 9.17) is 0 Å². The molecule has 0 spiro atoms. The lowest BCUT2D eigenvalue weighted by Gasteiger charge is -2.17. The molecule has 3 heteroatoms. The Hall–Kier alpha value is -2.39. The Balaban J connectivity index is 1.43. The second-order valence-electron chi connectivity index (χ2n) is 6.69. The van der Waals surface area contributed by atoms with Crippen LogP contribution in [0.3, 0.4) is 0 Å². The summed E-state index contributed by atoms with van der Waals surface area (Å²) in [4.78, 5) is 6.13. The summed E-state index contributed by atoms with van der Waals surface area (Å²) >= 11 is 2.07. The van der Waals surface area contributed by atoms with Crippen molar-refractivity contribution in [3.8, 4) is 0 Å². The van der Waals surface area contributed by atoms with Crippen LogP contribution in [0.1, 0.15) is 5.56 Å². The van der Waals surface area contributed by atoms with E-state index in [-0.39, 0.29) is 0 Å². The summed E-state index contributed by atoms with van der Waals surface area (Å²) in [6.07, 6.45) is 1.11. The molecule has 1 N–H and O–H groups in total. The van der Waals surface area contributed by atoms with Gasteiger partial charge in [0.15, 0.2) is 0 Å². The minimum atomic E-state index is 0.636. The largest absolute Gasteiger partial charge is 0.361 e. The minimum absolute atomic E-state index is 0.636. The first kappa shape index (κ1) is 14.9. The number of H-pyrrole nitrogens is 1. The molecule has 1 aromatic heterocycles. The number of para-hydroxylation sites is 3. The Bertz CT molecular complexity index is 1020. The first-order valence-electron chi connectivity index (χ1n) is 8.78. The summed E-state index contributed by atoms with van der Waals surface area (Å²) < 4.78 is 0. The Morgan fingerprint density at radius 3 is 2.60 bits per heavy atom. The van der Waals surface area contributed by atoms with Crippen LogP contribution in [0, 0.1) is 0 Å². The molecule has 0 radical (unpaired) electrons. The molecular weight excluding hydrogens is 324 g/mol. The van der Waals surface area contributed by atoms with Gasteiger partial charge in [-0.3, -0.25) is 0 Å². The molecule has 0 bridgehead atoms. The lowest BCUT2D eigenvalue weighted by atomic mass is 10.0. The van der Waals surface area contributed by atoms with E-state index in [9.17, 15) is 0 Å². The van der Waals surface area contributed by atoms with Crippen molar-refractivity contribution in [2.75, 3.05) is 17.3 Å². The summed E-state index contributed by atoms with van der Waals surface area (Å²) in [5.41, 5.74) is 5.31. The number of hydrogen-bond donors (Lipinski definition) is 1. The molecular formula is C22H20N2S. The quantitative estimate of drug-likeness (QED) is 0.533. The zero-order valence-electron chi connectivity index (χ0n) is 14.0. The highest BCUT2D eigenvalue weighted by molar-refractivity contribution is 8.00. The van der Waals surface area contributed by atoms with Crippen LogP contribution < -0.4 is 4.90 Å². The van der Waals surface area contributed by atoms with Gasteiger partial charge in [-0.2, -0.15) is 0 Å². The molecule has 1 atom stereocenters. The zero-order chi connectivity index (χ0) is 16.6. The number of aromatic nitrogens is 1. The van der Waals surface area contributed by atoms with Crippen LogP contribution in [0.25, 0.3) is 21.8 Å². The smallest absolute Gasteiger partial charge is 0.0643 e. The van der Waals surface area contributed by atoms with Crippen molar-refractivity contribution >= 4 is 39.3 Å². The van der Waals surface area contributed by atoms with Crippen LogP contribution in [0.15, 0.2) is 72.8 Å². The molecule has 4 aromatic rings. The molecule has 1 unspecified atom stereocenters. The van der Waals surface area contributed by atoms with E-state index in [1.807, 2.05) is 0 Å². The van der Waals surface area contributed by atoms with Crippen LogP contribution in [-0.2, 0) is 6.42 Å². The van der Waals surface area contributed by atoms with Gasteiger partial charge >= 0.3 is 0 Å². The molecule has 1 aliphatic rings. The lowest BCUT2D eigenvalue weighted by molar-refractivity contribution is 0.835. The lowest BCUT2D eigenvalue weighted by Crippen LogP contribution is -2.22. The van der Waals surface area contributed by atoms with E-state index in [1.165, 1.54) is 33.1 Å². The average Bonchev–Trinajstić information content (AvgIpc) is 3.28. The average molecular weight is 344 g/mol. The van der Waals surface area contributed by atoms with Gasteiger partial charge in [-0.25, -0.2) is 0 Å². The van der Waals surface area contributed by atoms with Gasteiger partial charge in [0.25, 0.3) is 0 Å². The number of nitrogens with zero attached hydrogens (tertiary/aromatic N) is 1. The molecule has 2 nitrogen and oxygen atoms in total. The number of anilines is 1. The molecule has 1 fully saturated rings. The van der Waals surface area contributed by atoms with Crippen LogP contribution in [0.4, 0.5) is 5.69 Å². The first-order chi connectivity index (χ1) is 12.4.